The Morgan fingerprint density at radius 3 is 2.59 bits per heavy atom. The number of rotatable bonds is 2. The molecule has 0 unspecified atom stereocenters. The van der Waals surface area contributed by atoms with Crippen molar-refractivity contribution in [3.8, 4) is 11.5 Å². The Labute approximate surface area is 119 Å². The summed E-state index contributed by atoms with van der Waals surface area (Å²) in [7, 11) is 0. The quantitative estimate of drug-likeness (QED) is 0.627. The first-order valence-electron chi connectivity index (χ1n) is 5.05. The zero-order chi connectivity index (χ0) is 12.4. The van der Waals surface area contributed by atoms with E-state index >= 15 is 0 Å². The smallest absolute Gasteiger partial charge is 0.140 e. The van der Waals surface area contributed by atoms with E-state index in [1.807, 2.05) is 43.3 Å². The Morgan fingerprint density at radius 2 is 1.88 bits per heavy atom. The Kier molecular flexibility index (Phi) is 3.79. The van der Waals surface area contributed by atoms with Gasteiger partial charge < -0.3 is 10.5 Å². The molecule has 2 aromatic carbocycles. The highest BCUT2D eigenvalue weighted by molar-refractivity contribution is 14.1. The van der Waals surface area contributed by atoms with Crippen LogP contribution >= 0.6 is 34.2 Å². The number of nitrogens with two attached hydrogens (primary N) is 1. The van der Waals surface area contributed by atoms with Gasteiger partial charge in [-0.1, -0.05) is 17.7 Å². The van der Waals surface area contributed by atoms with Gasteiger partial charge in [0.05, 0.1) is 3.57 Å². The Balaban J connectivity index is 2.34. The number of anilines is 1. The van der Waals surface area contributed by atoms with Crippen molar-refractivity contribution < 1.29 is 4.74 Å². The maximum Gasteiger partial charge on any atom is 0.140 e. The lowest BCUT2D eigenvalue weighted by atomic mass is 10.2. The van der Waals surface area contributed by atoms with E-state index in [1.54, 1.807) is 0 Å². The minimum atomic E-state index is 0.663. The van der Waals surface area contributed by atoms with Gasteiger partial charge in [-0.05, 0) is 65.4 Å². The fourth-order valence-corrected chi connectivity index (χ4v) is 2.21. The number of hydrogen-bond acceptors (Lipinski definition) is 2. The van der Waals surface area contributed by atoms with Crippen LogP contribution in [0.2, 0.25) is 5.02 Å². The molecule has 2 N–H and O–H groups in total. The fraction of sp³-hybridized carbons (Fsp3) is 0.0769. The summed E-state index contributed by atoms with van der Waals surface area (Å²) >= 11 is 8.14. The first kappa shape index (κ1) is 12.5. The molecular weight excluding hydrogens is 349 g/mol. The van der Waals surface area contributed by atoms with Gasteiger partial charge in [0.2, 0.25) is 0 Å². The second-order valence-electron chi connectivity index (χ2n) is 3.70. The van der Waals surface area contributed by atoms with Gasteiger partial charge in [-0.15, -0.1) is 0 Å². The summed E-state index contributed by atoms with van der Waals surface area (Å²) in [6, 6.07) is 11.1. The summed E-state index contributed by atoms with van der Waals surface area (Å²) in [5.41, 5.74) is 7.46. The van der Waals surface area contributed by atoms with Crippen LogP contribution in [0.15, 0.2) is 36.4 Å². The normalized spacial score (nSPS) is 10.3. The van der Waals surface area contributed by atoms with Crippen molar-refractivity contribution in [1.82, 2.24) is 0 Å². The molecule has 0 amide bonds. The highest BCUT2D eigenvalue weighted by Gasteiger charge is 2.06. The lowest BCUT2D eigenvalue weighted by molar-refractivity contribution is 0.475. The van der Waals surface area contributed by atoms with Gasteiger partial charge in [0.15, 0.2) is 0 Å². The topological polar surface area (TPSA) is 35.2 Å². The van der Waals surface area contributed by atoms with Gasteiger partial charge in [0.25, 0.3) is 0 Å². The molecular formula is C13H11ClINO. The molecule has 0 heterocycles. The molecule has 0 atom stereocenters. The second-order valence-corrected chi connectivity index (χ2v) is 5.30. The third kappa shape index (κ3) is 3.04. The van der Waals surface area contributed by atoms with Crippen molar-refractivity contribution >= 4 is 39.9 Å². The Hall–Kier alpha value is -0.940. The van der Waals surface area contributed by atoms with Gasteiger partial charge in [0, 0.05) is 10.7 Å². The molecule has 0 bridgehead atoms. The van der Waals surface area contributed by atoms with Gasteiger partial charge >= 0.3 is 0 Å². The summed E-state index contributed by atoms with van der Waals surface area (Å²) in [5, 5.41) is 0.663. The Bertz CT molecular complexity index is 557. The van der Waals surface area contributed by atoms with Crippen LogP contribution in [0.3, 0.4) is 0 Å². The van der Waals surface area contributed by atoms with E-state index in [0.717, 1.165) is 26.3 Å². The molecule has 4 heteroatoms. The molecule has 0 radical (unpaired) electrons. The summed E-state index contributed by atoms with van der Waals surface area (Å²) in [6.45, 7) is 1.98. The van der Waals surface area contributed by atoms with Crippen molar-refractivity contribution in [2.75, 3.05) is 5.73 Å². The first-order chi connectivity index (χ1) is 8.06. The summed E-state index contributed by atoms with van der Waals surface area (Å²) in [4.78, 5) is 0. The van der Waals surface area contributed by atoms with E-state index in [1.165, 1.54) is 0 Å². The van der Waals surface area contributed by atoms with Crippen LogP contribution in [0.1, 0.15) is 5.56 Å². The van der Waals surface area contributed by atoms with Gasteiger partial charge in [0.1, 0.15) is 11.5 Å². The number of nitrogen functional groups attached to an aromatic ring is 1. The summed E-state index contributed by atoms with van der Waals surface area (Å²) < 4.78 is 6.80. The molecule has 2 rings (SSSR count). The number of halogens is 2. The van der Waals surface area contributed by atoms with Crippen LogP contribution in [0.5, 0.6) is 11.5 Å². The first-order valence-corrected chi connectivity index (χ1v) is 6.51. The van der Waals surface area contributed by atoms with Gasteiger partial charge in [-0.3, -0.25) is 0 Å². The highest BCUT2D eigenvalue weighted by atomic mass is 127. The standard InChI is InChI=1S/C13H11ClINO/c1-8-2-3-9(14)6-13(8)17-12-5-4-10(16)7-11(12)15/h2-7H,16H2,1H3. The van der Waals surface area contributed by atoms with E-state index < -0.39 is 0 Å². The van der Waals surface area contributed by atoms with Crippen LogP contribution in [0.4, 0.5) is 5.69 Å². The van der Waals surface area contributed by atoms with Gasteiger partial charge in [-0.25, -0.2) is 0 Å². The molecule has 0 saturated heterocycles. The largest absolute Gasteiger partial charge is 0.456 e. The van der Waals surface area contributed by atoms with E-state index in [4.69, 9.17) is 22.1 Å². The van der Waals surface area contributed by atoms with E-state index in [-0.39, 0.29) is 0 Å². The molecule has 17 heavy (non-hydrogen) atoms. The van der Waals surface area contributed by atoms with Crippen LogP contribution in [0, 0.1) is 10.5 Å². The fourth-order valence-electron chi connectivity index (χ4n) is 1.40. The third-order valence-corrected chi connectivity index (χ3v) is 3.40. The molecule has 0 saturated carbocycles. The third-order valence-electron chi connectivity index (χ3n) is 2.33. The minimum Gasteiger partial charge on any atom is -0.456 e. The molecule has 0 aliphatic heterocycles. The number of aryl methyl sites for hydroxylation is 1. The average molecular weight is 360 g/mol. The molecule has 0 aliphatic rings. The van der Waals surface area contributed by atoms with Crippen molar-refractivity contribution in [1.29, 1.82) is 0 Å². The molecule has 88 valence electrons. The monoisotopic (exact) mass is 359 g/mol. The molecule has 2 aromatic rings. The van der Waals surface area contributed by atoms with Crippen molar-refractivity contribution in [2.45, 2.75) is 6.92 Å². The van der Waals surface area contributed by atoms with Crippen LogP contribution in [-0.4, -0.2) is 0 Å². The molecule has 0 spiro atoms. The average Bonchev–Trinajstić information content (AvgIpc) is 2.27. The second kappa shape index (κ2) is 5.14. The maximum atomic E-state index is 5.95. The zero-order valence-corrected chi connectivity index (χ0v) is 12.1. The van der Waals surface area contributed by atoms with Crippen molar-refractivity contribution in [2.24, 2.45) is 0 Å². The SMILES string of the molecule is Cc1ccc(Cl)cc1Oc1ccc(N)cc1I. The van der Waals surface area contributed by atoms with Gasteiger partial charge in [-0.2, -0.15) is 0 Å². The lowest BCUT2D eigenvalue weighted by Gasteiger charge is -2.11. The maximum absolute atomic E-state index is 5.95. The van der Waals surface area contributed by atoms with E-state index in [0.29, 0.717) is 5.02 Å². The summed E-state index contributed by atoms with van der Waals surface area (Å²) in [6.07, 6.45) is 0. The zero-order valence-electron chi connectivity index (χ0n) is 9.21. The molecule has 0 aromatic heterocycles. The predicted octanol–water partition coefficient (Wildman–Crippen LogP) is 4.63. The van der Waals surface area contributed by atoms with E-state index in [9.17, 15) is 0 Å². The summed E-state index contributed by atoms with van der Waals surface area (Å²) in [5.74, 6) is 1.55. The van der Waals surface area contributed by atoms with Crippen molar-refractivity contribution in [3.63, 3.8) is 0 Å². The number of ether oxygens (including phenoxy) is 1. The van der Waals surface area contributed by atoms with Crippen LogP contribution in [0.25, 0.3) is 0 Å². The van der Waals surface area contributed by atoms with Crippen LogP contribution in [-0.2, 0) is 0 Å². The predicted molar refractivity (Wildman–Crippen MR) is 79.8 cm³/mol. The lowest BCUT2D eigenvalue weighted by Crippen LogP contribution is -1.92. The minimum absolute atomic E-state index is 0.663. The van der Waals surface area contributed by atoms with Crippen LogP contribution < -0.4 is 10.5 Å². The molecule has 0 fully saturated rings. The Morgan fingerprint density at radius 1 is 1.12 bits per heavy atom. The molecule has 2 nitrogen and oxygen atoms in total. The number of hydrogen-bond donors (Lipinski definition) is 1. The highest BCUT2D eigenvalue weighted by Crippen LogP contribution is 2.31. The number of benzene rings is 2. The molecule has 0 aliphatic carbocycles. The van der Waals surface area contributed by atoms with Crippen molar-refractivity contribution in [3.05, 3.63) is 50.6 Å². The van der Waals surface area contributed by atoms with E-state index in [2.05, 4.69) is 22.6 Å².